The van der Waals surface area contributed by atoms with Gasteiger partial charge in [0.1, 0.15) is 23.0 Å². The van der Waals surface area contributed by atoms with Crippen LogP contribution < -0.4 is 18.9 Å². The SMILES string of the molecule is CCCCCCCCCCCCCOc1ccc(C#Cc2cc(C#Cc3ccc(OCCCCCCCCCCCCC)cc3)c(C#Cc3ccc(OCCCCCCCCCCCCC)cc3)cc2C#Cc2ccc(OCCCCCCCCCCCCC)cc2)cc1. The highest BCUT2D eigenvalue weighted by molar-refractivity contribution is 5.64. The molecule has 4 heteroatoms. The minimum atomic E-state index is 0.731. The lowest BCUT2D eigenvalue weighted by Gasteiger charge is -2.07. The van der Waals surface area contributed by atoms with Crippen LogP contribution in [0, 0.1) is 47.4 Å². The van der Waals surface area contributed by atoms with Gasteiger partial charge in [0.05, 0.1) is 26.4 Å². The topological polar surface area (TPSA) is 36.9 Å². The molecule has 510 valence electrons. The number of ether oxygens (including phenoxy) is 4. The summed E-state index contributed by atoms with van der Waals surface area (Å²) < 4.78 is 24.8. The molecule has 94 heavy (non-hydrogen) atoms. The van der Waals surface area contributed by atoms with Crippen molar-refractivity contribution < 1.29 is 18.9 Å². The lowest BCUT2D eigenvalue weighted by Crippen LogP contribution is -1.97. The fourth-order valence-corrected chi connectivity index (χ4v) is 11.9. The van der Waals surface area contributed by atoms with E-state index in [2.05, 4.69) is 136 Å². The summed E-state index contributed by atoms with van der Waals surface area (Å²) in [7, 11) is 0. The highest BCUT2D eigenvalue weighted by Gasteiger charge is 2.08. The van der Waals surface area contributed by atoms with Gasteiger partial charge in [-0.1, -0.05) is 332 Å². The molecule has 0 unspecified atom stereocenters. The van der Waals surface area contributed by atoms with Crippen LogP contribution in [0.15, 0.2) is 109 Å². The molecule has 4 nitrogen and oxygen atoms in total. The van der Waals surface area contributed by atoms with Gasteiger partial charge in [0.2, 0.25) is 0 Å². The van der Waals surface area contributed by atoms with Crippen LogP contribution in [0.5, 0.6) is 23.0 Å². The van der Waals surface area contributed by atoms with Crippen molar-refractivity contribution in [2.45, 2.75) is 310 Å². The summed E-state index contributed by atoms with van der Waals surface area (Å²) in [6, 6.07) is 36.9. The van der Waals surface area contributed by atoms with E-state index in [1.807, 2.05) is 48.5 Å². The third kappa shape index (κ3) is 38.8. The molecule has 5 aromatic carbocycles. The lowest BCUT2D eigenvalue weighted by atomic mass is 9.97. The molecule has 0 aromatic heterocycles. The van der Waals surface area contributed by atoms with Gasteiger partial charge in [-0.25, -0.2) is 0 Å². The van der Waals surface area contributed by atoms with Crippen molar-refractivity contribution in [1.29, 1.82) is 0 Å². The maximum absolute atomic E-state index is 6.20. The third-order valence-electron chi connectivity index (χ3n) is 18.0. The van der Waals surface area contributed by atoms with Gasteiger partial charge in [0.25, 0.3) is 0 Å². The predicted molar refractivity (Wildman–Crippen MR) is 404 cm³/mol. The van der Waals surface area contributed by atoms with Crippen LogP contribution in [-0.4, -0.2) is 26.4 Å². The van der Waals surface area contributed by atoms with Crippen molar-refractivity contribution in [3.63, 3.8) is 0 Å². The van der Waals surface area contributed by atoms with Crippen molar-refractivity contribution in [2.75, 3.05) is 26.4 Å². The Kier molecular flexibility index (Phi) is 45.6. The first kappa shape index (κ1) is 78.2. The molecule has 0 radical (unpaired) electrons. The molecule has 0 bridgehead atoms. The molecule has 0 N–H and O–H groups in total. The second-order valence-corrected chi connectivity index (χ2v) is 26.6. The Morgan fingerprint density at radius 3 is 0.489 bits per heavy atom. The molecular formula is C90H126O4. The number of rotatable bonds is 52. The Hall–Kier alpha value is -6.46. The summed E-state index contributed by atoms with van der Waals surface area (Å²) >= 11 is 0. The molecule has 5 rings (SSSR count). The van der Waals surface area contributed by atoms with E-state index in [1.165, 1.54) is 257 Å². The second kappa shape index (κ2) is 54.8. The number of hydrogen-bond donors (Lipinski definition) is 0. The van der Waals surface area contributed by atoms with Crippen LogP contribution in [0.1, 0.15) is 355 Å². The van der Waals surface area contributed by atoms with Crippen LogP contribution in [-0.2, 0) is 0 Å². The van der Waals surface area contributed by atoms with Gasteiger partial charge in [-0.2, -0.15) is 0 Å². The minimum Gasteiger partial charge on any atom is -0.494 e. The summed E-state index contributed by atoms with van der Waals surface area (Å²) in [5.41, 5.74) is 6.76. The Labute approximate surface area is 576 Å². The number of unbranched alkanes of at least 4 members (excludes halogenated alkanes) is 40. The van der Waals surface area contributed by atoms with Crippen molar-refractivity contribution in [3.05, 3.63) is 154 Å². The number of benzene rings is 5. The van der Waals surface area contributed by atoms with Crippen molar-refractivity contribution >= 4 is 0 Å². The average Bonchev–Trinajstić information content (AvgIpc) is 0.921. The van der Waals surface area contributed by atoms with Crippen LogP contribution in [0.25, 0.3) is 0 Å². The van der Waals surface area contributed by atoms with Crippen LogP contribution in [0.3, 0.4) is 0 Å². The molecule has 0 atom stereocenters. The van der Waals surface area contributed by atoms with Crippen LogP contribution in [0.2, 0.25) is 0 Å². The first-order valence-electron chi connectivity index (χ1n) is 38.7. The molecule has 5 aromatic rings. The normalized spacial score (nSPS) is 10.8. The quantitative estimate of drug-likeness (QED) is 0.0287. The zero-order valence-corrected chi connectivity index (χ0v) is 60.0. The fourth-order valence-electron chi connectivity index (χ4n) is 11.9. The maximum atomic E-state index is 6.20. The Bertz CT molecular complexity index is 2520. The van der Waals surface area contributed by atoms with Gasteiger partial charge in [-0.15, -0.1) is 0 Å². The van der Waals surface area contributed by atoms with E-state index >= 15 is 0 Å². The van der Waals surface area contributed by atoms with Gasteiger partial charge in [0.15, 0.2) is 0 Å². The second-order valence-electron chi connectivity index (χ2n) is 26.6. The molecule has 0 aliphatic carbocycles. The van der Waals surface area contributed by atoms with Gasteiger partial charge in [-0.05, 0) is 135 Å². The van der Waals surface area contributed by atoms with E-state index in [9.17, 15) is 0 Å². The average molecular weight is 1270 g/mol. The molecule has 0 saturated heterocycles. The van der Waals surface area contributed by atoms with E-state index in [4.69, 9.17) is 18.9 Å². The van der Waals surface area contributed by atoms with Crippen molar-refractivity contribution in [1.82, 2.24) is 0 Å². The summed E-state index contributed by atoms with van der Waals surface area (Å²) in [6.45, 7) is 12.1. The molecule has 0 amide bonds. The molecule has 0 fully saturated rings. The summed E-state index contributed by atoms with van der Waals surface area (Å²) in [5, 5.41) is 0. The van der Waals surface area contributed by atoms with Gasteiger partial charge in [-0.3, -0.25) is 0 Å². The van der Waals surface area contributed by atoms with Gasteiger partial charge < -0.3 is 18.9 Å². The summed E-state index contributed by atoms with van der Waals surface area (Å²) in [4.78, 5) is 0. The Morgan fingerprint density at radius 1 is 0.181 bits per heavy atom. The van der Waals surface area contributed by atoms with E-state index in [1.54, 1.807) is 0 Å². The molecule has 0 aliphatic rings. The highest BCUT2D eigenvalue weighted by Crippen LogP contribution is 2.23. The van der Waals surface area contributed by atoms with Gasteiger partial charge in [0, 0.05) is 44.5 Å². The monoisotopic (exact) mass is 1270 g/mol. The number of hydrogen-bond acceptors (Lipinski definition) is 4. The van der Waals surface area contributed by atoms with E-state index in [-0.39, 0.29) is 0 Å². The Balaban J connectivity index is 1.31. The maximum Gasteiger partial charge on any atom is 0.119 e. The molecule has 0 saturated carbocycles. The zero-order chi connectivity index (χ0) is 66.1. The van der Waals surface area contributed by atoms with E-state index in [0.717, 1.165) is 120 Å². The minimum absolute atomic E-state index is 0.731. The Morgan fingerprint density at radius 2 is 0.330 bits per heavy atom. The van der Waals surface area contributed by atoms with Crippen LogP contribution in [0.4, 0.5) is 0 Å². The van der Waals surface area contributed by atoms with E-state index in [0.29, 0.717) is 0 Å². The highest BCUT2D eigenvalue weighted by atomic mass is 16.5. The summed E-state index contributed by atoms with van der Waals surface area (Å²) in [5.74, 6) is 31.5. The summed E-state index contributed by atoms with van der Waals surface area (Å²) in [6.07, 6.45) is 58.0. The smallest absolute Gasteiger partial charge is 0.119 e. The standard InChI is InChI=1S/C90H126O4/c1-5-9-13-17-21-25-29-33-37-41-45-73-91-87-65-53-79(54-66-87)49-61-83-77-85(63-51-81-57-69-89(70-58-81)93-75-47-43-39-35-31-27-23-19-15-11-7-3)86(64-52-82-59-71-90(72-60-82)94-76-48-44-40-36-32-28-24-20-16-12-8-4)78-84(83)62-50-80-55-67-88(68-56-80)92-74-46-42-38-34-30-26-22-18-14-10-6-2/h53-60,65-72,77-78H,5-48,73-76H2,1-4H3. The molecular weight excluding hydrogens is 1140 g/mol. The van der Waals surface area contributed by atoms with Crippen molar-refractivity contribution in [2.24, 2.45) is 0 Å². The van der Waals surface area contributed by atoms with Crippen LogP contribution >= 0.6 is 0 Å². The van der Waals surface area contributed by atoms with E-state index < -0.39 is 0 Å². The molecule has 0 heterocycles. The largest absolute Gasteiger partial charge is 0.494 e. The first-order chi connectivity index (χ1) is 46.6. The van der Waals surface area contributed by atoms with Gasteiger partial charge >= 0.3 is 0 Å². The van der Waals surface area contributed by atoms with Crippen molar-refractivity contribution in [3.8, 4) is 70.4 Å². The predicted octanol–water partition coefficient (Wildman–Crippen LogP) is 26.0. The first-order valence-corrected chi connectivity index (χ1v) is 38.7. The molecule has 0 aliphatic heterocycles. The molecule has 0 spiro atoms. The fraction of sp³-hybridized carbons (Fsp3) is 0.578. The lowest BCUT2D eigenvalue weighted by molar-refractivity contribution is 0.304. The zero-order valence-electron chi connectivity index (χ0n) is 60.0. The third-order valence-corrected chi connectivity index (χ3v) is 18.0.